The first kappa shape index (κ1) is 11.6. The minimum atomic E-state index is -0.332. The number of nitrogens with zero attached hydrogens (tertiary/aromatic N) is 2. The molecule has 2 rings (SSSR count). The largest absolute Gasteiger partial charge is 0.465 e. The second-order valence-corrected chi connectivity index (χ2v) is 3.71. The average molecular weight is 233 g/mol. The predicted molar refractivity (Wildman–Crippen MR) is 65.0 cm³/mol. The molecule has 1 aromatic carbocycles. The Kier molecular flexibility index (Phi) is 3.39. The highest BCUT2D eigenvalue weighted by Gasteiger charge is 2.14. The number of ether oxygens (including phenoxy) is 1. The van der Waals surface area contributed by atoms with Crippen molar-refractivity contribution in [3.05, 3.63) is 30.1 Å². The number of carbonyl (C=O) groups excluding carboxylic acids is 1. The molecule has 2 aromatic rings. The fraction of sp³-hybridized carbons (Fsp3) is 0.333. The molecule has 1 heterocycles. The Morgan fingerprint density at radius 1 is 1.53 bits per heavy atom. The Morgan fingerprint density at radius 2 is 2.35 bits per heavy atom. The number of methoxy groups -OCH3 is 1. The second kappa shape index (κ2) is 4.97. The SMILES string of the molecule is CNCCn1cnc2cccc(C(=O)OC)c21. The van der Waals surface area contributed by atoms with E-state index >= 15 is 0 Å². The van der Waals surface area contributed by atoms with E-state index in [9.17, 15) is 4.79 Å². The van der Waals surface area contributed by atoms with Crippen LogP contribution in [0.3, 0.4) is 0 Å². The van der Waals surface area contributed by atoms with Gasteiger partial charge in [-0.05, 0) is 19.2 Å². The average Bonchev–Trinajstić information content (AvgIpc) is 2.78. The molecule has 90 valence electrons. The molecule has 0 aliphatic carbocycles. The summed E-state index contributed by atoms with van der Waals surface area (Å²) in [6, 6.07) is 5.45. The summed E-state index contributed by atoms with van der Waals surface area (Å²) >= 11 is 0. The van der Waals surface area contributed by atoms with Gasteiger partial charge < -0.3 is 14.6 Å². The van der Waals surface area contributed by atoms with Crippen LogP contribution in [0.5, 0.6) is 0 Å². The van der Waals surface area contributed by atoms with E-state index in [-0.39, 0.29) is 5.97 Å². The van der Waals surface area contributed by atoms with Crippen molar-refractivity contribution >= 4 is 17.0 Å². The van der Waals surface area contributed by atoms with Crippen molar-refractivity contribution in [3.8, 4) is 0 Å². The molecular formula is C12H15N3O2. The summed E-state index contributed by atoms with van der Waals surface area (Å²) in [5.41, 5.74) is 2.19. The highest BCUT2D eigenvalue weighted by Crippen LogP contribution is 2.18. The lowest BCUT2D eigenvalue weighted by Gasteiger charge is -2.07. The van der Waals surface area contributed by atoms with Gasteiger partial charge in [0.25, 0.3) is 0 Å². The highest BCUT2D eigenvalue weighted by molar-refractivity contribution is 6.02. The molecule has 0 saturated carbocycles. The molecule has 1 aromatic heterocycles. The van der Waals surface area contributed by atoms with Gasteiger partial charge in [-0.2, -0.15) is 0 Å². The van der Waals surface area contributed by atoms with Crippen LogP contribution >= 0.6 is 0 Å². The van der Waals surface area contributed by atoms with Crippen molar-refractivity contribution in [2.45, 2.75) is 6.54 Å². The molecule has 0 fully saturated rings. The maximum absolute atomic E-state index is 11.7. The quantitative estimate of drug-likeness (QED) is 0.802. The molecular weight excluding hydrogens is 218 g/mol. The standard InChI is InChI=1S/C12H15N3O2/c1-13-6-7-15-8-14-10-5-3-4-9(11(10)15)12(16)17-2/h3-5,8,13H,6-7H2,1-2H3. The number of benzene rings is 1. The minimum Gasteiger partial charge on any atom is -0.465 e. The van der Waals surface area contributed by atoms with E-state index in [0.717, 1.165) is 24.1 Å². The zero-order valence-corrected chi connectivity index (χ0v) is 9.93. The number of para-hydroxylation sites is 1. The van der Waals surface area contributed by atoms with Gasteiger partial charge in [0.1, 0.15) is 0 Å². The molecule has 5 heteroatoms. The topological polar surface area (TPSA) is 56.2 Å². The maximum Gasteiger partial charge on any atom is 0.340 e. The summed E-state index contributed by atoms with van der Waals surface area (Å²) in [7, 11) is 3.27. The molecule has 17 heavy (non-hydrogen) atoms. The van der Waals surface area contributed by atoms with Gasteiger partial charge in [0.15, 0.2) is 0 Å². The summed E-state index contributed by atoms with van der Waals surface area (Å²) in [6.07, 6.45) is 1.74. The predicted octanol–water partition coefficient (Wildman–Crippen LogP) is 1.04. The lowest BCUT2D eigenvalue weighted by molar-refractivity contribution is 0.0602. The molecule has 0 amide bonds. The normalized spacial score (nSPS) is 10.7. The van der Waals surface area contributed by atoms with E-state index < -0.39 is 0 Å². The van der Waals surface area contributed by atoms with Crippen LogP contribution in [0.15, 0.2) is 24.5 Å². The number of carbonyl (C=O) groups is 1. The van der Waals surface area contributed by atoms with Crippen molar-refractivity contribution in [3.63, 3.8) is 0 Å². The van der Waals surface area contributed by atoms with Gasteiger partial charge in [0.2, 0.25) is 0 Å². The highest BCUT2D eigenvalue weighted by atomic mass is 16.5. The molecule has 0 aliphatic heterocycles. The zero-order chi connectivity index (χ0) is 12.3. The first-order valence-corrected chi connectivity index (χ1v) is 5.44. The minimum absolute atomic E-state index is 0.332. The van der Waals surface area contributed by atoms with Crippen LogP contribution in [0.4, 0.5) is 0 Å². The van der Waals surface area contributed by atoms with E-state index in [1.165, 1.54) is 7.11 Å². The lowest BCUT2D eigenvalue weighted by atomic mass is 10.2. The monoisotopic (exact) mass is 233 g/mol. The molecule has 0 radical (unpaired) electrons. The molecule has 0 spiro atoms. The number of hydrogen-bond donors (Lipinski definition) is 1. The van der Waals surface area contributed by atoms with Crippen LogP contribution in [-0.4, -0.2) is 36.2 Å². The first-order chi connectivity index (χ1) is 8.27. The summed E-state index contributed by atoms with van der Waals surface area (Å²) in [5, 5.41) is 3.07. The molecule has 1 N–H and O–H groups in total. The van der Waals surface area contributed by atoms with Crippen molar-refractivity contribution in [1.82, 2.24) is 14.9 Å². The van der Waals surface area contributed by atoms with Crippen molar-refractivity contribution in [2.75, 3.05) is 20.7 Å². The Morgan fingerprint density at radius 3 is 3.06 bits per heavy atom. The number of aromatic nitrogens is 2. The van der Waals surface area contributed by atoms with Crippen LogP contribution in [0.1, 0.15) is 10.4 Å². The zero-order valence-electron chi connectivity index (χ0n) is 9.93. The molecule has 5 nitrogen and oxygen atoms in total. The number of hydrogen-bond acceptors (Lipinski definition) is 4. The van der Waals surface area contributed by atoms with E-state index in [1.54, 1.807) is 12.4 Å². The Bertz CT molecular complexity index is 534. The van der Waals surface area contributed by atoms with Crippen LogP contribution in [0.2, 0.25) is 0 Å². The summed E-state index contributed by atoms with van der Waals surface area (Å²) < 4.78 is 6.73. The van der Waals surface area contributed by atoms with Crippen LogP contribution in [0, 0.1) is 0 Å². The summed E-state index contributed by atoms with van der Waals surface area (Å²) in [4.78, 5) is 15.9. The van der Waals surface area contributed by atoms with Gasteiger partial charge >= 0.3 is 5.97 Å². The van der Waals surface area contributed by atoms with Gasteiger partial charge in [0.05, 0.1) is 30.0 Å². The van der Waals surface area contributed by atoms with E-state index in [4.69, 9.17) is 4.74 Å². The first-order valence-electron chi connectivity index (χ1n) is 5.44. The second-order valence-electron chi connectivity index (χ2n) is 3.71. The molecule has 0 atom stereocenters. The van der Waals surface area contributed by atoms with Gasteiger partial charge in [0, 0.05) is 13.1 Å². The van der Waals surface area contributed by atoms with E-state index in [0.29, 0.717) is 5.56 Å². The molecule has 0 saturated heterocycles. The lowest BCUT2D eigenvalue weighted by Crippen LogP contribution is -2.15. The number of imidazole rings is 1. The van der Waals surface area contributed by atoms with Crippen LogP contribution in [0.25, 0.3) is 11.0 Å². The Labute approximate surface area is 99.4 Å². The van der Waals surface area contributed by atoms with Crippen LogP contribution < -0.4 is 5.32 Å². The number of nitrogens with one attached hydrogen (secondary N) is 1. The van der Waals surface area contributed by atoms with Crippen molar-refractivity contribution in [2.24, 2.45) is 0 Å². The van der Waals surface area contributed by atoms with Crippen LogP contribution in [-0.2, 0) is 11.3 Å². The third-order valence-electron chi connectivity index (χ3n) is 2.65. The Hall–Kier alpha value is -1.88. The smallest absolute Gasteiger partial charge is 0.340 e. The summed E-state index contributed by atoms with van der Waals surface area (Å²) in [5.74, 6) is -0.332. The van der Waals surface area contributed by atoms with Crippen molar-refractivity contribution in [1.29, 1.82) is 0 Å². The fourth-order valence-corrected chi connectivity index (χ4v) is 1.80. The summed E-state index contributed by atoms with van der Waals surface area (Å²) in [6.45, 7) is 1.59. The number of likely N-dealkylation sites (N-methyl/N-ethyl adjacent to an activating group) is 1. The van der Waals surface area contributed by atoms with Crippen molar-refractivity contribution < 1.29 is 9.53 Å². The van der Waals surface area contributed by atoms with E-state index in [1.807, 2.05) is 23.7 Å². The number of esters is 1. The van der Waals surface area contributed by atoms with E-state index in [2.05, 4.69) is 10.3 Å². The van der Waals surface area contributed by atoms with Gasteiger partial charge in [-0.25, -0.2) is 9.78 Å². The fourth-order valence-electron chi connectivity index (χ4n) is 1.80. The third-order valence-corrected chi connectivity index (χ3v) is 2.65. The Balaban J connectivity index is 2.51. The molecule has 0 aliphatic rings. The molecule has 0 bridgehead atoms. The van der Waals surface area contributed by atoms with Gasteiger partial charge in [-0.15, -0.1) is 0 Å². The van der Waals surface area contributed by atoms with Gasteiger partial charge in [-0.3, -0.25) is 0 Å². The molecule has 0 unspecified atom stereocenters. The number of fused-ring (bicyclic) bond motifs is 1. The van der Waals surface area contributed by atoms with Gasteiger partial charge in [-0.1, -0.05) is 6.07 Å². The number of rotatable bonds is 4. The third kappa shape index (κ3) is 2.14. The maximum atomic E-state index is 11.7.